The summed E-state index contributed by atoms with van der Waals surface area (Å²) < 4.78 is 5.05. The molecule has 0 saturated carbocycles. The Hall–Kier alpha value is -0.610. The standard InChI is InChI=1S/C14H28N2O2/c1-4-12-6-9-16(10-7-12)11-8-13(15-3)14(17)18-5-2/h12-13,15H,4-11H2,1-3H3. The van der Waals surface area contributed by atoms with E-state index in [4.69, 9.17) is 4.74 Å². The molecule has 0 amide bonds. The van der Waals surface area contributed by atoms with Gasteiger partial charge in [-0.2, -0.15) is 0 Å². The fraction of sp³-hybridized carbons (Fsp3) is 0.929. The minimum atomic E-state index is -0.158. The molecule has 1 N–H and O–H groups in total. The highest BCUT2D eigenvalue weighted by Gasteiger charge is 2.21. The van der Waals surface area contributed by atoms with Gasteiger partial charge in [-0.25, -0.2) is 0 Å². The van der Waals surface area contributed by atoms with E-state index in [1.807, 2.05) is 14.0 Å². The van der Waals surface area contributed by atoms with Crippen molar-refractivity contribution in [2.45, 2.75) is 45.6 Å². The average molecular weight is 256 g/mol. The molecule has 0 aliphatic carbocycles. The van der Waals surface area contributed by atoms with E-state index >= 15 is 0 Å². The number of rotatable bonds is 7. The Morgan fingerprint density at radius 3 is 2.56 bits per heavy atom. The SMILES string of the molecule is CCOC(=O)C(CCN1CCC(CC)CC1)NC. The lowest BCUT2D eigenvalue weighted by atomic mass is 9.94. The average Bonchev–Trinajstić information content (AvgIpc) is 2.40. The van der Waals surface area contributed by atoms with Gasteiger partial charge < -0.3 is 15.0 Å². The van der Waals surface area contributed by atoms with Crippen LogP contribution in [0.25, 0.3) is 0 Å². The smallest absolute Gasteiger partial charge is 0.323 e. The maximum Gasteiger partial charge on any atom is 0.323 e. The molecule has 0 aromatic carbocycles. The van der Waals surface area contributed by atoms with Crippen LogP contribution in [0.1, 0.15) is 39.5 Å². The van der Waals surface area contributed by atoms with Crippen LogP contribution in [0.5, 0.6) is 0 Å². The first-order chi connectivity index (χ1) is 8.71. The fourth-order valence-corrected chi connectivity index (χ4v) is 2.55. The molecule has 0 spiro atoms. The van der Waals surface area contributed by atoms with Crippen LogP contribution in [0.15, 0.2) is 0 Å². The van der Waals surface area contributed by atoms with Gasteiger partial charge in [0.05, 0.1) is 6.61 Å². The highest BCUT2D eigenvalue weighted by molar-refractivity contribution is 5.75. The summed E-state index contributed by atoms with van der Waals surface area (Å²) in [4.78, 5) is 14.1. The van der Waals surface area contributed by atoms with Gasteiger partial charge in [-0.05, 0) is 52.2 Å². The predicted molar refractivity (Wildman–Crippen MR) is 73.6 cm³/mol. The quantitative estimate of drug-likeness (QED) is 0.703. The summed E-state index contributed by atoms with van der Waals surface area (Å²) in [5.74, 6) is 0.787. The Balaban J connectivity index is 2.24. The lowest BCUT2D eigenvalue weighted by molar-refractivity contribution is -0.145. The van der Waals surface area contributed by atoms with E-state index in [9.17, 15) is 4.79 Å². The summed E-state index contributed by atoms with van der Waals surface area (Å²) in [5, 5.41) is 3.04. The van der Waals surface area contributed by atoms with Crippen molar-refractivity contribution in [3.8, 4) is 0 Å². The van der Waals surface area contributed by atoms with Crippen molar-refractivity contribution in [1.82, 2.24) is 10.2 Å². The van der Waals surface area contributed by atoms with Gasteiger partial charge >= 0.3 is 5.97 Å². The van der Waals surface area contributed by atoms with Crippen LogP contribution in [0.4, 0.5) is 0 Å². The molecule has 0 aromatic rings. The van der Waals surface area contributed by atoms with E-state index in [2.05, 4.69) is 17.1 Å². The van der Waals surface area contributed by atoms with Crippen LogP contribution in [-0.2, 0) is 9.53 Å². The number of likely N-dealkylation sites (N-methyl/N-ethyl adjacent to an activating group) is 1. The van der Waals surface area contributed by atoms with E-state index < -0.39 is 0 Å². The summed E-state index contributed by atoms with van der Waals surface area (Å²) in [6.45, 7) is 7.92. The molecule has 1 aliphatic rings. The number of hydrogen-bond donors (Lipinski definition) is 1. The maximum absolute atomic E-state index is 11.6. The van der Waals surface area contributed by atoms with E-state index in [-0.39, 0.29) is 12.0 Å². The summed E-state index contributed by atoms with van der Waals surface area (Å²) in [7, 11) is 1.82. The molecule has 1 atom stereocenters. The van der Waals surface area contributed by atoms with Crippen LogP contribution >= 0.6 is 0 Å². The predicted octanol–water partition coefficient (Wildman–Crippen LogP) is 1.65. The normalized spacial score (nSPS) is 19.7. The molecule has 1 fully saturated rings. The first-order valence-corrected chi connectivity index (χ1v) is 7.27. The number of carbonyl (C=O) groups excluding carboxylic acids is 1. The van der Waals surface area contributed by atoms with E-state index in [0.29, 0.717) is 6.61 Å². The van der Waals surface area contributed by atoms with Gasteiger partial charge in [-0.3, -0.25) is 4.79 Å². The zero-order valence-electron chi connectivity index (χ0n) is 12.1. The van der Waals surface area contributed by atoms with Crippen molar-refractivity contribution >= 4 is 5.97 Å². The first-order valence-electron chi connectivity index (χ1n) is 7.27. The Labute approximate surface area is 111 Å². The van der Waals surface area contributed by atoms with E-state index in [1.54, 1.807) is 0 Å². The van der Waals surface area contributed by atoms with Gasteiger partial charge in [-0.1, -0.05) is 13.3 Å². The Kier molecular flexibility index (Phi) is 7.28. The second-order valence-corrected chi connectivity index (χ2v) is 5.08. The van der Waals surface area contributed by atoms with Crippen LogP contribution in [-0.4, -0.2) is 50.2 Å². The van der Waals surface area contributed by atoms with Crippen LogP contribution in [0, 0.1) is 5.92 Å². The second-order valence-electron chi connectivity index (χ2n) is 5.08. The molecule has 0 radical (unpaired) electrons. The number of esters is 1. The number of nitrogens with one attached hydrogen (secondary N) is 1. The molecule has 106 valence electrons. The topological polar surface area (TPSA) is 41.6 Å². The van der Waals surface area contributed by atoms with Crippen molar-refractivity contribution in [1.29, 1.82) is 0 Å². The Morgan fingerprint density at radius 1 is 1.39 bits per heavy atom. The molecule has 18 heavy (non-hydrogen) atoms. The van der Waals surface area contributed by atoms with Gasteiger partial charge in [0.2, 0.25) is 0 Å². The number of hydrogen-bond acceptors (Lipinski definition) is 4. The third-order valence-corrected chi connectivity index (χ3v) is 3.94. The minimum absolute atomic E-state index is 0.122. The molecule has 1 unspecified atom stereocenters. The van der Waals surface area contributed by atoms with Gasteiger partial charge in [0.25, 0.3) is 0 Å². The molecular formula is C14H28N2O2. The fourth-order valence-electron chi connectivity index (χ4n) is 2.55. The maximum atomic E-state index is 11.6. The molecule has 4 heteroatoms. The zero-order valence-corrected chi connectivity index (χ0v) is 12.1. The third kappa shape index (κ3) is 4.94. The molecule has 0 bridgehead atoms. The molecular weight excluding hydrogens is 228 g/mol. The Morgan fingerprint density at radius 2 is 2.06 bits per heavy atom. The number of carbonyl (C=O) groups is 1. The number of piperidine rings is 1. The van der Waals surface area contributed by atoms with Crippen molar-refractivity contribution in [3.63, 3.8) is 0 Å². The van der Waals surface area contributed by atoms with Gasteiger partial charge in [0.1, 0.15) is 6.04 Å². The van der Waals surface area contributed by atoms with Crippen molar-refractivity contribution in [3.05, 3.63) is 0 Å². The number of nitrogens with zero attached hydrogens (tertiary/aromatic N) is 1. The summed E-state index contributed by atoms with van der Waals surface area (Å²) in [6.07, 6.45) is 4.75. The van der Waals surface area contributed by atoms with Crippen molar-refractivity contribution < 1.29 is 9.53 Å². The van der Waals surface area contributed by atoms with Crippen LogP contribution in [0.3, 0.4) is 0 Å². The van der Waals surface area contributed by atoms with Gasteiger partial charge in [0.15, 0.2) is 0 Å². The Bertz CT molecular complexity index is 238. The number of likely N-dealkylation sites (tertiary alicyclic amines) is 1. The van der Waals surface area contributed by atoms with Gasteiger partial charge in [-0.15, -0.1) is 0 Å². The van der Waals surface area contributed by atoms with Crippen LogP contribution < -0.4 is 5.32 Å². The largest absolute Gasteiger partial charge is 0.465 e. The second kappa shape index (κ2) is 8.48. The highest BCUT2D eigenvalue weighted by atomic mass is 16.5. The zero-order chi connectivity index (χ0) is 13.4. The molecule has 1 heterocycles. The monoisotopic (exact) mass is 256 g/mol. The molecule has 0 aromatic heterocycles. The molecule has 1 aliphatic heterocycles. The van der Waals surface area contributed by atoms with E-state index in [0.717, 1.165) is 18.9 Å². The number of ether oxygens (including phenoxy) is 1. The van der Waals surface area contributed by atoms with Crippen molar-refractivity contribution in [2.75, 3.05) is 33.3 Å². The van der Waals surface area contributed by atoms with Crippen LogP contribution in [0.2, 0.25) is 0 Å². The summed E-state index contributed by atoms with van der Waals surface area (Å²) >= 11 is 0. The first kappa shape index (κ1) is 15.4. The minimum Gasteiger partial charge on any atom is -0.465 e. The third-order valence-electron chi connectivity index (χ3n) is 3.94. The summed E-state index contributed by atoms with van der Waals surface area (Å²) in [6, 6.07) is -0.158. The van der Waals surface area contributed by atoms with Gasteiger partial charge in [0, 0.05) is 6.54 Å². The van der Waals surface area contributed by atoms with E-state index in [1.165, 1.54) is 32.4 Å². The molecule has 1 saturated heterocycles. The molecule has 1 rings (SSSR count). The lowest BCUT2D eigenvalue weighted by Crippen LogP contribution is -2.41. The van der Waals surface area contributed by atoms with Crippen molar-refractivity contribution in [2.24, 2.45) is 5.92 Å². The highest BCUT2D eigenvalue weighted by Crippen LogP contribution is 2.20. The summed E-state index contributed by atoms with van der Waals surface area (Å²) in [5.41, 5.74) is 0. The molecule has 4 nitrogen and oxygen atoms in total. The lowest BCUT2D eigenvalue weighted by Gasteiger charge is -2.32.